The molecule has 92 valence electrons. The van der Waals surface area contributed by atoms with Gasteiger partial charge in [-0.25, -0.2) is 0 Å². The molecule has 0 fully saturated rings. The van der Waals surface area contributed by atoms with Gasteiger partial charge >= 0.3 is 0 Å². The number of amides is 1. The van der Waals surface area contributed by atoms with Gasteiger partial charge in [-0.2, -0.15) is 8.42 Å². The first-order chi connectivity index (χ1) is 7.85. The van der Waals surface area contributed by atoms with Crippen LogP contribution in [0.25, 0.3) is 0 Å². The van der Waals surface area contributed by atoms with Gasteiger partial charge in [0, 0.05) is 6.92 Å². The highest BCUT2D eigenvalue weighted by molar-refractivity contribution is 7.89. The van der Waals surface area contributed by atoms with E-state index in [4.69, 9.17) is 11.1 Å². The zero-order chi connectivity index (χ0) is 13.1. The predicted octanol–water partition coefficient (Wildman–Crippen LogP) is -0.378. The normalized spacial score (nSPS) is 10.6. The van der Waals surface area contributed by atoms with Gasteiger partial charge < -0.3 is 5.73 Å². The van der Waals surface area contributed by atoms with Gasteiger partial charge in [0.25, 0.3) is 10.0 Å². The maximum absolute atomic E-state index is 12.0. The second-order valence-electron chi connectivity index (χ2n) is 3.14. The van der Waals surface area contributed by atoms with Gasteiger partial charge in [0.2, 0.25) is 11.9 Å². The molecule has 17 heavy (non-hydrogen) atoms. The van der Waals surface area contributed by atoms with E-state index in [2.05, 4.69) is 0 Å². The Morgan fingerprint density at radius 3 is 2.29 bits per heavy atom. The van der Waals surface area contributed by atoms with E-state index in [1.54, 1.807) is 6.07 Å². The van der Waals surface area contributed by atoms with Crippen molar-refractivity contribution in [3.8, 4) is 0 Å². The van der Waals surface area contributed by atoms with Crippen molar-refractivity contribution in [1.29, 1.82) is 5.41 Å². The van der Waals surface area contributed by atoms with Crippen LogP contribution in [0.2, 0.25) is 0 Å². The fraction of sp³-hybridized carbons (Fsp3) is 0.111. The summed E-state index contributed by atoms with van der Waals surface area (Å²) in [7, 11) is -4.04. The molecule has 0 saturated heterocycles. The van der Waals surface area contributed by atoms with E-state index in [1.807, 2.05) is 5.43 Å². The minimum atomic E-state index is -4.04. The van der Waals surface area contributed by atoms with Gasteiger partial charge in [0.15, 0.2) is 0 Å². The van der Waals surface area contributed by atoms with Crippen LogP contribution in [0.15, 0.2) is 35.2 Å². The molecule has 0 aliphatic carbocycles. The average molecular weight is 256 g/mol. The summed E-state index contributed by atoms with van der Waals surface area (Å²) < 4.78 is 24.3. The van der Waals surface area contributed by atoms with Crippen LogP contribution in [-0.4, -0.2) is 24.7 Å². The molecule has 4 N–H and O–H groups in total. The van der Waals surface area contributed by atoms with Crippen LogP contribution in [0.5, 0.6) is 0 Å². The number of nitrogens with one attached hydrogen (secondary N) is 2. The topological polar surface area (TPSA) is 116 Å². The predicted molar refractivity (Wildman–Crippen MR) is 61.2 cm³/mol. The monoisotopic (exact) mass is 256 g/mol. The molecule has 0 spiro atoms. The Balaban J connectivity index is 3.19. The summed E-state index contributed by atoms with van der Waals surface area (Å²) in [5, 5.41) is 7.16. The molecular formula is C9H12N4O3S. The van der Waals surface area contributed by atoms with Gasteiger partial charge in [-0.05, 0) is 12.1 Å². The second-order valence-corrected chi connectivity index (χ2v) is 4.92. The number of sulfonamides is 1. The molecule has 1 rings (SSSR count). The van der Waals surface area contributed by atoms with Crippen molar-refractivity contribution < 1.29 is 13.2 Å². The van der Waals surface area contributed by atoms with E-state index < -0.39 is 21.9 Å². The number of carbonyl (C=O) groups is 1. The van der Waals surface area contributed by atoms with Gasteiger partial charge in [-0.1, -0.05) is 18.2 Å². The molecule has 0 unspecified atom stereocenters. The molecule has 0 heterocycles. The van der Waals surface area contributed by atoms with Crippen LogP contribution in [0.4, 0.5) is 0 Å². The van der Waals surface area contributed by atoms with E-state index in [9.17, 15) is 13.2 Å². The number of rotatable bonds is 2. The summed E-state index contributed by atoms with van der Waals surface area (Å²) in [4.78, 5) is 10.8. The van der Waals surface area contributed by atoms with Crippen LogP contribution in [-0.2, 0) is 14.8 Å². The maximum atomic E-state index is 12.0. The lowest BCUT2D eigenvalue weighted by atomic mass is 10.4. The fourth-order valence-electron chi connectivity index (χ4n) is 1.09. The molecule has 0 saturated carbocycles. The molecular weight excluding hydrogens is 244 g/mol. The minimum Gasteiger partial charge on any atom is -0.368 e. The quantitative estimate of drug-likeness (QED) is 0.380. The van der Waals surface area contributed by atoms with E-state index in [0.29, 0.717) is 4.41 Å². The largest absolute Gasteiger partial charge is 0.368 e. The Morgan fingerprint density at radius 1 is 1.35 bits per heavy atom. The molecule has 1 amide bonds. The van der Waals surface area contributed by atoms with Crippen LogP contribution in [0, 0.1) is 5.41 Å². The Morgan fingerprint density at radius 2 is 1.88 bits per heavy atom. The number of guanidine groups is 1. The second kappa shape index (κ2) is 4.83. The SMILES string of the molecule is CC(=O)NN(C(=N)N)S(=O)(=O)c1ccccc1. The number of nitrogens with zero attached hydrogens (tertiary/aromatic N) is 1. The van der Waals surface area contributed by atoms with Gasteiger partial charge in [0.05, 0.1) is 4.90 Å². The molecule has 0 atom stereocenters. The third-order valence-corrected chi connectivity index (χ3v) is 3.40. The summed E-state index contributed by atoms with van der Waals surface area (Å²) in [6, 6.07) is 7.38. The van der Waals surface area contributed by atoms with E-state index >= 15 is 0 Å². The molecule has 0 radical (unpaired) electrons. The summed E-state index contributed by atoms with van der Waals surface area (Å²) in [6.45, 7) is 1.12. The summed E-state index contributed by atoms with van der Waals surface area (Å²) >= 11 is 0. The minimum absolute atomic E-state index is 0.0658. The highest BCUT2D eigenvalue weighted by Gasteiger charge is 2.26. The highest BCUT2D eigenvalue weighted by Crippen LogP contribution is 2.12. The summed E-state index contributed by atoms with van der Waals surface area (Å²) in [5.74, 6) is -1.43. The Kier molecular flexibility index (Phi) is 3.69. The average Bonchev–Trinajstić information content (AvgIpc) is 2.26. The van der Waals surface area contributed by atoms with Crippen LogP contribution >= 0.6 is 0 Å². The first-order valence-electron chi connectivity index (χ1n) is 4.57. The standard InChI is InChI=1S/C9H12N4O3S/c1-7(14)12-13(9(10)11)17(15,16)8-5-3-2-4-6-8/h2-6H,1H3,(H3,10,11)(H,12,14). The first-order valence-corrected chi connectivity index (χ1v) is 6.01. The lowest BCUT2D eigenvalue weighted by Crippen LogP contribution is -2.51. The van der Waals surface area contributed by atoms with Crippen molar-refractivity contribution in [2.45, 2.75) is 11.8 Å². The zero-order valence-corrected chi connectivity index (χ0v) is 9.86. The highest BCUT2D eigenvalue weighted by atomic mass is 32.2. The molecule has 7 nitrogen and oxygen atoms in total. The molecule has 0 bridgehead atoms. The van der Waals surface area contributed by atoms with Crippen LogP contribution in [0.1, 0.15) is 6.92 Å². The number of hydrogen-bond donors (Lipinski definition) is 3. The Hall–Kier alpha value is -2.09. The van der Waals surface area contributed by atoms with Gasteiger partial charge in [-0.15, -0.1) is 4.41 Å². The lowest BCUT2D eigenvalue weighted by Gasteiger charge is -2.21. The molecule has 0 aliphatic heterocycles. The maximum Gasteiger partial charge on any atom is 0.284 e. The van der Waals surface area contributed by atoms with Crippen molar-refractivity contribution in [2.75, 3.05) is 0 Å². The lowest BCUT2D eigenvalue weighted by molar-refractivity contribution is -0.120. The van der Waals surface area contributed by atoms with Crippen molar-refractivity contribution in [3.05, 3.63) is 30.3 Å². The van der Waals surface area contributed by atoms with E-state index in [-0.39, 0.29) is 4.90 Å². The summed E-state index contributed by atoms with van der Waals surface area (Å²) in [5.41, 5.74) is 7.10. The van der Waals surface area contributed by atoms with Crippen LogP contribution in [0.3, 0.4) is 0 Å². The number of benzene rings is 1. The van der Waals surface area contributed by atoms with Crippen molar-refractivity contribution in [2.24, 2.45) is 5.73 Å². The number of nitrogens with two attached hydrogens (primary N) is 1. The third kappa shape index (κ3) is 2.94. The third-order valence-electron chi connectivity index (χ3n) is 1.76. The first kappa shape index (κ1) is 13.0. The zero-order valence-electron chi connectivity index (χ0n) is 9.04. The van der Waals surface area contributed by atoms with E-state index in [1.165, 1.54) is 24.3 Å². The summed E-state index contributed by atoms with van der Waals surface area (Å²) in [6.07, 6.45) is 0. The van der Waals surface area contributed by atoms with Crippen molar-refractivity contribution in [3.63, 3.8) is 0 Å². The van der Waals surface area contributed by atoms with Gasteiger partial charge in [-0.3, -0.25) is 15.6 Å². The molecule has 1 aromatic carbocycles. The number of hydrogen-bond acceptors (Lipinski definition) is 4. The number of hydrazine groups is 1. The van der Waals surface area contributed by atoms with Crippen molar-refractivity contribution >= 4 is 21.9 Å². The Bertz CT molecular complexity index is 526. The Labute approximate surface area is 98.8 Å². The van der Waals surface area contributed by atoms with Gasteiger partial charge in [0.1, 0.15) is 0 Å². The smallest absolute Gasteiger partial charge is 0.284 e. The molecule has 0 aliphatic rings. The molecule has 8 heteroatoms. The molecule has 1 aromatic rings. The fourth-order valence-corrected chi connectivity index (χ4v) is 2.31. The van der Waals surface area contributed by atoms with Crippen molar-refractivity contribution in [1.82, 2.24) is 9.84 Å². The van der Waals surface area contributed by atoms with E-state index in [0.717, 1.165) is 6.92 Å². The van der Waals surface area contributed by atoms with Crippen LogP contribution < -0.4 is 11.2 Å². The molecule has 0 aromatic heterocycles. The number of carbonyl (C=O) groups excluding carboxylic acids is 1.